The Labute approximate surface area is 130 Å². The zero-order valence-electron chi connectivity index (χ0n) is 12.3. The highest BCUT2D eigenvalue weighted by atomic mass is 35.5. The van der Waals surface area contributed by atoms with Gasteiger partial charge in [-0.05, 0) is 42.7 Å². The molecule has 108 valence electrons. The Morgan fingerprint density at radius 2 is 1.76 bits per heavy atom. The first kappa shape index (κ1) is 15.4. The molecule has 0 aliphatic rings. The van der Waals surface area contributed by atoms with Crippen LogP contribution < -0.4 is 4.74 Å². The number of nitrogens with zero attached hydrogens (tertiary/aromatic N) is 1. The third-order valence-electron chi connectivity index (χ3n) is 3.44. The van der Waals surface area contributed by atoms with Crippen LogP contribution in [-0.2, 0) is 0 Å². The number of rotatable bonds is 5. The molecule has 0 aliphatic carbocycles. The van der Waals surface area contributed by atoms with Gasteiger partial charge in [0, 0.05) is 11.4 Å². The van der Waals surface area contributed by atoms with Crippen LogP contribution in [0.3, 0.4) is 0 Å². The molecule has 0 saturated carbocycles. The molecule has 0 amide bonds. The van der Waals surface area contributed by atoms with Crippen molar-refractivity contribution in [3.05, 3.63) is 64.2 Å². The number of halogens is 1. The highest BCUT2D eigenvalue weighted by Gasteiger charge is 2.10. The molecular formula is C18H18ClNO. The summed E-state index contributed by atoms with van der Waals surface area (Å²) in [6, 6.07) is 16.0. The van der Waals surface area contributed by atoms with Crippen LogP contribution >= 0.6 is 11.6 Å². The van der Waals surface area contributed by atoms with E-state index in [-0.39, 0.29) is 5.92 Å². The van der Waals surface area contributed by atoms with Gasteiger partial charge in [0.15, 0.2) is 0 Å². The molecule has 21 heavy (non-hydrogen) atoms. The van der Waals surface area contributed by atoms with Crippen molar-refractivity contribution in [1.29, 1.82) is 5.26 Å². The smallest absolute Gasteiger partial charge is 0.119 e. The zero-order valence-corrected chi connectivity index (χ0v) is 13.0. The molecule has 0 radical (unpaired) electrons. The molecule has 0 N–H and O–H groups in total. The molecule has 2 aromatic rings. The van der Waals surface area contributed by atoms with E-state index >= 15 is 0 Å². The van der Waals surface area contributed by atoms with Gasteiger partial charge in [-0.15, -0.1) is 0 Å². The second-order valence-electron chi connectivity index (χ2n) is 5.10. The minimum absolute atomic E-state index is 0.138. The van der Waals surface area contributed by atoms with Crippen LogP contribution in [-0.4, -0.2) is 6.61 Å². The van der Waals surface area contributed by atoms with Gasteiger partial charge in [-0.25, -0.2) is 0 Å². The fourth-order valence-electron chi connectivity index (χ4n) is 2.28. The summed E-state index contributed by atoms with van der Waals surface area (Å²) in [4.78, 5) is 0. The fraction of sp³-hybridized carbons (Fsp3) is 0.278. The predicted molar refractivity (Wildman–Crippen MR) is 85.8 cm³/mol. The Hall–Kier alpha value is -1.98. The van der Waals surface area contributed by atoms with E-state index in [1.807, 2.05) is 56.3 Å². The van der Waals surface area contributed by atoms with Crippen molar-refractivity contribution in [2.45, 2.75) is 26.2 Å². The molecule has 0 aromatic heterocycles. The monoisotopic (exact) mass is 299 g/mol. The molecule has 0 heterocycles. The maximum atomic E-state index is 9.28. The lowest BCUT2D eigenvalue weighted by Gasteiger charge is -2.12. The van der Waals surface area contributed by atoms with Crippen molar-refractivity contribution in [1.82, 2.24) is 0 Å². The number of ether oxygens (including phenoxy) is 1. The van der Waals surface area contributed by atoms with Gasteiger partial charge in [-0.3, -0.25) is 0 Å². The Kier molecular flexibility index (Phi) is 5.25. The van der Waals surface area contributed by atoms with Crippen molar-refractivity contribution in [2.75, 3.05) is 6.61 Å². The normalized spacial score (nSPS) is 11.7. The number of aryl methyl sites for hydroxylation is 2. The summed E-state index contributed by atoms with van der Waals surface area (Å²) in [5.74, 6) is 0.667. The third kappa shape index (κ3) is 4.00. The minimum atomic E-state index is -0.138. The van der Waals surface area contributed by atoms with E-state index in [1.54, 1.807) is 0 Å². The Morgan fingerprint density at radius 3 is 2.33 bits per heavy atom. The Balaban J connectivity index is 1.96. The predicted octanol–water partition coefficient (Wildman–Crippen LogP) is 5.03. The summed E-state index contributed by atoms with van der Waals surface area (Å²) in [6.45, 7) is 4.43. The average Bonchev–Trinajstić information content (AvgIpc) is 2.50. The van der Waals surface area contributed by atoms with Gasteiger partial charge in [0.1, 0.15) is 5.75 Å². The van der Waals surface area contributed by atoms with Gasteiger partial charge in [-0.2, -0.15) is 5.26 Å². The van der Waals surface area contributed by atoms with E-state index in [4.69, 9.17) is 16.3 Å². The van der Waals surface area contributed by atoms with Gasteiger partial charge in [0.2, 0.25) is 0 Å². The molecule has 0 bridgehead atoms. The zero-order chi connectivity index (χ0) is 15.2. The summed E-state index contributed by atoms with van der Waals surface area (Å²) in [6.07, 6.45) is 0.668. The van der Waals surface area contributed by atoms with E-state index in [0.717, 1.165) is 27.5 Å². The van der Waals surface area contributed by atoms with E-state index in [1.165, 1.54) is 0 Å². The first-order valence-electron chi connectivity index (χ1n) is 6.96. The summed E-state index contributed by atoms with van der Waals surface area (Å²) < 4.78 is 5.77. The quantitative estimate of drug-likeness (QED) is 0.775. The van der Waals surface area contributed by atoms with Crippen LogP contribution in [0.5, 0.6) is 5.75 Å². The number of benzene rings is 2. The summed E-state index contributed by atoms with van der Waals surface area (Å²) in [7, 11) is 0. The van der Waals surface area contributed by atoms with Crippen molar-refractivity contribution in [3.63, 3.8) is 0 Å². The largest absolute Gasteiger partial charge is 0.494 e. The fourth-order valence-corrected chi connectivity index (χ4v) is 2.38. The third-order valence-corrected chi connectivity index (χ3v) is 4.04. The summed E-state index contributed by atoms with van der Waals surface area (Å²) in [5, 5.41) is 10.1. The van der Waals surface area contributed by atoms with E-state index in [0.29, 0.717) is 13.0 Å². The van der Waals surface area contributed by atoms with Gasteiger partial charge in [0.25, 0.3) is 0 Å². The number of hydrogen-bond donors (Lipinski definition) is 0. The molecule has 0 saturated heterocycles. The van der Waals surface area contributed by atoms with Crippen molar-refractivity contribution < 1.29 is 4.74 Å². The van der Waals surface area contributed by atoms with Crippen molar-refractivity contribution in [3.8, 4) is 11.8 Å². The first-order chi connectivity index (χ1) is 10.1. The van der Waals surface area contributed by atoms with Crippen LogP contribution in [0.2, 0.25) is 5.02 Å². The van der Waals surface area contributed by atoms with Crippen molar-refractivity contribution >= 4 is 11.6 Å². The van der Waals surface area contributed by atoms with Crippen LogP contribution in [0.1, 0.15) is 29.0 Å². The van der Waals surface area contributed by atoms with Gasteiger partial charge >= 0.3 is 0 Å². The molecule has 0 fully saturated rings. The van der Waals surface area contributed by atoms with E-state index in [2.05, 4.69) is 6.07 Å². The SMILES string of the molecule is Cc1cc(OCCC(C#N)c2ccccc2)cc(C)c1Cl. The highest BCUT2D eigenvalue weighted by Crippen LogP contribution is 2.26. The summed E-state index contributed by atoms with van der Waals surface area (Å²) in [5.41, 5.74) is 3.05. The van der Waals surface area contributed by atoms with Gasteiger partial charge in [-0.1, -0.05) is 41.9 Å². The maximum absolute atomic E-state index is 9.28. The molecule has 2 aromatic carbocycles. The first-order valence-corrected chi connectivity index (χ1v) is 7.33. The second-order valence-corrected chi connectivity index (χ2v) is 5.48. The van der Waals surface area contributed by atoms with E-state index < -0.39 is 0 Å². The number of nitriles is 1. The molecule has 1 unspecified atom stereocenters. The van der Waals surface area contributed by atoms with E-state index in [9.17, 15) is 5.26 Å². The highest BCUT2D eigenvalue weighted by molar-refractivity contribution is 6.32. The molecule has 0 spiro atoms. The minimum Gasteiger partial charge on any atom is -0.494 e. The maximum Gasteiger partial charge on any atom is 0.119 e. The molecule has 0 aliphatic heterocycles. The Bertz CT molecular complexity index is 623. The molecule has 1 atom stereocenters. The molecule has 2 rings (SSSR count). The standard InChI is InChI=1S/C18H18ClNO/c1-13-10-17(11-14(2)18(13)19)21-9-8-16(12-20)15-6-4-3-5-7-15/h3-7,10-11,16H,8-9H2,1-2H3. The lowest BCUT2D eigenvalue weighted by molar-refractivity contribution is 0.305. The molecule has 3 heteroatoms. The topological polar surface area (TPSA) is 33.0 Å². The van der Waals surface area contributed by atoms with Crippen LogP contribution in [0.25, 0.3) is 0 Å². The van der Waals surface area contributed by atoms with Gasteiger partial charge in [0.05, 0.1) is 18.6 Å². The van der Waals surface area contributed by atoms with Crippen molar-refractivity contribution in [2.24, 2.45) is 0 Å². The second kappa shape index (κ2) is 7.15. The molecular weight excluding hydrogens is 282 g/mol. The van der Waals surface area contributed by atoms with Crippen LogP contribution in [0, 0.1) is 25.2 Å². The van der Waals surface area contributed by atoms with Crippen LogP contribution in [0.15, 0.2) is 42.5 Å². The summed E-state index contributed by atoms with van der Waals surface area (Å²) >= 11 is 6.14. The average molecular weight is 300 g/mol. The lowest BCUT2D eigenvalue weighted by Crippen LogP contribution is -2.04. The lowest BCUT2D eigenvalue weighted by atomic mass is 9.98. The number of hydrogen-bond acceptors (Lipinski definition) is 2. The van der Waals surface area contributed by atoms with Crippen LogP contribution in [0.4, 0.5) is 0 Å². The molecule has 2 nitrogen and oxygen atoms in total. The Morgan fingerprint density at radius 1 is 1.14 bits per heavy atom. The van der Waals surface area contributed by atoms with Gasteiger partial charge < -0.3 is 4.74 Å².